The van der Waals surface area contributed by atoms with Crippen LogP contribution in [0.1, 0.15) is 118 Å². The first-order chi connectivity index (χ1) is 21.1. The summed E-state index contributed by atoms with van der Waals surface area (Å²) >= 11 is 0. The van der Waals surface area contributed by atoms with Gasteiger partial charge in [0.2, 0.25) is 0 Å². The molecule has 0 aliphatic carbocycles. The summed E-state index contributed by atoms with van der Waals surface area (Å²) in [5, 5.41) is 22.2. The largest absolute Gasteiger partial charge is 0.461 e. The minimum absolute atomic E-state index is 0.0206. The SMILES string of the molecule is CCCCCCC(C)C(=O)OCC(CO)OC(=O)CCCNCCCC(=O)OC(CO)COCC(C)(C=O)CCCCCC. The first-order valence-electron chi connectivity index (χ1n) is 16.7. The van der Waals surface area contributed by atoms with Gasteiger partial charge in [-0.05, 0) is 38.8 Å². The first-order valence-corrected chi connectivity index (χ1v) is 16.7. The van der Waals surface area contributed by atoms with Crippen molar-refractivity contribution in [2.75, 3.05) is 46.1 Å². The number of carbonyl (C=O) groups excluding carboxylic acids is 4. The monoisotopic (exact) mass is 631 g/mol. The molecule has 0 spiro atoms. The molecular formula is C33H61NO10. The number of rotatable bonds is 30. The van der Waals surface area contributed by atoms with Gasteiger partial charge < -0.3 is 39.3 Å². The zero-order chi connectivity index (χ0) is 33.1. The second-order valence-corrected chi connectivity index (χ2v) is 12.0. The van der Waals surface area contributed by atoms with Crippen molar-refractivity contribution in [1.29, 1.82) is 0 Å². The molecule has 0 saturated carbocycles. The summed E-state index contributed by atoms with van der Waals surface area (Å²) in [6, 6.07) is 0. The maximum Gasteiger partial charge on any atom is 0.308 e. The summed E-state index contributed by atoms with van der Waals surface area (Å²) < 4.78 is 21.4. The van der Waals surface area contributed by atoms with Gasteiger partial charge in [-0.3, -0.25) is 14.4 Å². The van der Waals surface area contributed by atoms with Crippen LogP contribution < -0.4 is 5.32 Å². The second-order valence-electron chi connectivity index (χ2n) is 12.0. The molecule has 0 amide bonds. The van der Waals surface area contributed by atoms with Crippen molar-refractivity contribution in [2.45, 2.75) is 130 Å². The molecule has 11 heteroatoms. The van der Waals surface area contributed by atoms with Crippen molar-refractivity contribution >= 4 is 24.2 Å². The van der Waals surface area contributed by atoms with E-state index in [9.17, 15) is 29.4 Å². The van der Waals surface area contributed by atoms with Crippen molar-refractivity contribution in [3.05, 3.63) is 0 Å². The lowest BCUT2D eigenvalue weighted by atomic mass is 9.87. The predicted molar refractivity (Wildman–Crippen MR) is 168 cm³/mol. The van der Waals surface area contributed by atoms with Crippen LogP contribution in [0.2, 0.25) is 0 Å². The van der Waals surface area contributed by atoms with Crippen LogP contribution in [0.15, 0.2) is 0 Å². The Hall–Kier alpha value is -2.08. The van der Waals surface area contributed by atoms with Crippen LogP contribution in [0.5, 0.6) is 0 Å². The smallest absolute Gasteiger partial charge is 0.308 e. The molecule has 0 radical (unpaired) electrons. The number of unbranched alkanes of at least 4 members (excludes halogenated alkanes) is 6. The molecule has 0 fully saturated rings. The van der Waals surface area contributed by atoms with Gasteiger partial charge in [0.15, 0.2) is 6.10 Å². The molecule has 0 saturated heterocycles. The topological polar surface area (TPSA) is 158 Å². The maximum absolute atomic E-state index is 12.2. The van der Waals surface area contributed by atoms with Crippen molar-refractivity contribution in [2.24, 2.45) is 11.3 Å². The summed E-state index contributed by atoms with van der Waals surface area (Å²) in [7, 11) is 0. The van der Waals surface area contributed by atoms with E-state index in [1.807, 2.05) is 13.8 Å². The van der Waals surface area contributed by atoms with Crippen molar-refractivity contribution < 1.29 is 48.3 Å². The van der Waals surface area contributed by atoms with E-state index in [0.29, 0.717) is 25.9 Å². The molecule has 44 heavy (non-hydrogen) atoms. The van der Waals surface area contributed by atoms with E-state index < -0.39 is 36.2 Å². The second kappa shape index (κ2) is 27.2. The standard InChI is InChI=1S/C33H61NO10/c1-5-7-9-11-15-27(3)32(40)42-24-29(22-36)44-31(39)17-14-20-34-19-13-16-30(38)43-28(21-35)23-41-26-33(4,25-37)18-12-10-8-6-2/h25,27-29,34-36H,5-24,26H2,1-4H3. The third-order valence-electron chi connectivity index (χ3n) is 7.40. The molecule has 4 unspecified atom stereocenters. The number of aliphatic hydroxyl groups is 2. The molecule has 0 aliphatic rings. The van der Waals surface area contributed by atoms with Gasteiger partial charge in [-0.25, -0.2) is 0 Å². The van der Waals surface area contributed by atoms with Crippen LogP contribution in [-0.2, 0) is 38.1 Å². The fraction of sp³-hybridized carbons (Fsp3) is 0.879. The number of esters is 3. The van der Waals surface area contributed by atoms with Crippen LogP contribution in [0, 0.1) is 11.3 Å². The van der Waals surface area contributed by atoms with E-state index in [0.717, 1.165) is 70.5 Å². The van der Waals surface area contributed by atoms with Crippen LogP contribution in [-0.4, -0.2) is 92.7 Å². The molecule has 11 nitrogen and oxygen atoms in total. The average Bonchev–Trinajstić information content (AvgIpc) is 3.02. The van der Waals surface area contributed by atoms with Gasteiger partial charge in [0, 0.05) is 18.3 Å². The molecule has 0 rings (SSSR count). The summed E-state index contributed by atoms with van der Waals surface area (Å²) in [4.78, 5) is 48.0. The molecule has 0 heterocycles. The van der Waals surface area contributed by atoms with Gasteiger partial charge in [-0.2, -0.15) is 0 Å². The molecule has 0 bridgehead atoms. The highest BCUT2D eigenvalue weighted by Gasteiger charge is 2.25. The lowest BCUT2D eigenvalue weighted by Gasteiger charge is -2.24. The van der Waals surface area contributed by atoms with Gasteiger partial charge in [0.05, 0.1) is 32.3 Å². The first kappa shape index (κ1) is 41.9. The Morgan fingerprint density at radius 1 is 0.795 bits per heavy atom. The van der Waals surface area contributed by atoms with Crippen LogP contribution in [0.3, 0.4) is 0 Å². The Bertz CT molecular complexity index is 765. The number of nitrogens with one attached hydrogen (secondary N) is 1. The Kier molecular flexibility index (Phi) is 26.0. The van der Waals surface area contributed by atoms with Gasteiger partial charge in [-0.15, -0.1) is 0 Å². The average molecular weight is 632 g/mol. The van der Waals surface area contributed by atoms with Crippen LogP contribution >= 0.6 is 0 Å². The zero-order valence-electron chi connectivity index (χ0n) is 27.8. The molecule has 4 atom stereocenters. The van der Waals surface area contributed by atoms with Crippen molar-refractivity contribution in [3.63, 3.8) is 0 Å². The van der Waals surface area contributed by atoms with Crippen LogP contribution in [0.4, 0.5) is 0 Å². The molecular weight excluding hydrogens is 570 g/mol. The number of carbonyl (C=O) groups is 4. The molecule has 3 N–H and O–H groups in total. The number of ether oxygens (including phenoxy) is 4. The fourth-order valence-corrected chi connectivity index (χ4v) is 4.43. The fourth-order valence-electron chi connectivity index (χ4n) is 4.43. The van der Waals surface area contributed by atoms with E-state index in [2.05, 4.69) is 19.2 Å². The minimum atomic E-state index is -0.893. The highest BCUT2D eigenvalue weighted by molar-refractivity contribution is 5.72. The lowest BCUT2D eigenvalue weighted by molar-refractivity contribution is -0.163. The Balaban J connectivity index is 4.04. The van der Waals surface area contributed by atoms with Gasteiger partial charge in [0.25, 0.3) is 0 Å². The van der Waals surface area contributed by atoms with E-state index in [4.69, 9.17) is 18.9 Å². The Morgan fingerprint density at radius 2 is 1.34 bits per heavy atom. The Morgan fingerprint density at radius 3 is 1.86 bits per heavy atom. The Labute approximate surface area is 265 Å². The third kappa shape index (κ3) is 22.4. The molecule has 258 valence electrons. The van der Waals surface area contributed by atoms with Gasteiger partial charge in [-0.1, -0.05) is 79.1 Å². The zero-order valence-corrected chi connectivity index (χ0v) is 27.8. The molecule has 0 aromatic carbocycles. The van der Waals surface area contributed by atoms with Crippen molar-refractivity contribution in [1.82, 2.24) is 5.32 Å². The van der Waals surface area contributed by atoms with E-state index >= 15 is 0 Å². The highest BCUT2D eigenvalue weighted by Crippen LogP contribution is 2.23. The molecule has 0 aromatic heterocycles. The van der Waals surface area contributed by atoms with Gasteiger partial charge in [0.1, 0.15) is 19.0 Å². The predicted octanol–water partition coefficient (Wildman–Crippen LogP) is 4.29. The summed E-state index contributed by atoms with van der Waals surface area (Å²) in [5.41, 5.74) is -0.596. The third-order valence-corrected chi connectivity index (χ3v) is 7.40. The number of aldehydes is 1. The summed E-state index contributed by atoms with van der Waals surface area (Å²) in [6.07, 6.45) is 10.6. The molecule has 0 aliphatic heterocycles. The van der Waals surface area contributed by atoms with Crippen molar-refractivity contribution in [3.8, 4) is 0 Å². The quantitative estimate of drug-likeness (QED) is 0.0450. The number of aliphatic hydroxyl groups excluding tert-OH is 2. The molecule has 0 aromatic rings. The van der Waals surface area contributed by atoms with E-state index in [-0.39, 0.29) is 51.2 Å². The van der Waals surface area contributed by atoms with Gasteiger partial charge >= 0.3 is 17.9 Å². The summed E-state index contributed by atoms with van der Waals surface area (Å²) in [5.74, 6) is -1.52. The minimum Gasteiger partial charge on any atom is -0.461 e. The highest BCUT2D eigenvalue weighted by atomic mass is 16.6. The number of hydrogen-bond acceptors (Lipinski definition) is 11. The summed E-state index contributed by atoms with van der Waals surface area (Å²) in [6.45, 7) is 8.25. The lowest BCUT2D eigenvalue weighted by Crippen LogP contribution is -2.31. The normalized spacial score (nSPS) is 14.7. The maximum atomic E-state index is 12.2. The van der Waals surface area contributed by atoms with E-state index in [1.54, 1.807) is 0 Å². The van der Waals surface area contributed by atoms with E-state index in [1.165, 1.54) is 0 Å². The van der Waals surface area contributed by atoms with Crippen LogP contribution in [0.25, 0.3) is 0 Å². The number of hydrogen-bond donors (Lipinski definition) is 3.